The first kappa shape index (κ1) is 13.1. The Morgan fingerprint density at radius 2 is 1.81 bits per heavy atom. The summed E-state index contributed by atoms with van der Waals surface area (Å²) in [6, 6.07) is 2.82. The van der Waals surface area contributed by atoms with E-state index in [1.54, 1.807) is 0 Å². The van der Waals surface area contributed by atoms with E-state index in [0.717, 1.165) is 0 Å². The fourth-order valence-electron chi connectivity index (χ4n) is 0.941. The van der Waals surface area contributed by atoms with Gasteiger partial charge in [0, 0.05) is 17.7 Å². The molecule has 0 aliphatic rings. The number of aromatic nitrogens is 1. The molecule has 0 radical (unpaired) electrons. The molecule has 6 heteroatoms. The number of nitrogens with zero attached hydrogens (tertiary/aromatic N) is 1. The Labute approximate surface area is 104 Å². The Morgan fingerprint density at radius 1 is 1.31 bits per heavy atom. The summed E-state index contributed by atoms with van der Waals surface area (Å²) in [5, 5.41) is 2.98. The SMILES string of the molecule is CC(C)(C)NC(=O)Oc1cc(Cl)nc(Cl)c1. The predicted octanol–water partition coefficient (Wildman–Crippen LogP) is 3.28. The number of carbonyl (C=O) groups excluding carboxylic acids is 1. The molecule has 1 amide bonds. The quantitative estimate of drug-likeness (QED) is 0.791. The molecule has 16 heavy (non-hydrogen) atoms. The highest BCUT2D eigenvalue weighted by atomic mass is 35.5. The second-order valence-electron chi connectivity index (χ2n) is 4.21. The molecule has 1 N–H and O–H groups in total. The molecule has 0 saturated carbocycles. The van der Waals surface area contributed by atoms with Crippen LogP contribution in [-0.2, 0) is 0 Å². The minimum Gasteiger partial charge on any atom is -0.410 e. The minimum absolute atomic E-state index is 0.172. The largest absolute Gasteiger partial charge is 0.413 e. The molecular weight excluding hydrogens is 251 g/mol. The van der Waals surface area contributed by atoms with Crippen LogP contribution in [0.25, 0.3) is 0 Å². The van der Waals surface area contributed by atoms with Gasteiger partial charge < -0.3 is 10.1 Å². The number of ether oxygens (including phenoxy) is 1. The van der Waals surface area contributed by atoms with Crippen LogP contribution in [-0.4, -0.2) is 16.6 Å². The summed E-state index contributed by atoms with van der Waals surface area (Å²) in [5.74, 6) is 0.256. The van der Waals surface area contributed by atoms with Crippen LogP contribution in [0, 0.1) is 0 Å². The number of pyridine rings is 1. The molecule has 0 aliphatic carbocycles. The Morgan fingerprint density at radius 3 is 2.25 bits per heavy atom. The summed E-state index contributed by atoms with van der Waals surface area (Å²) in [4.78, 5) is 15.1. The van der Waals surface area contributed by atoms with Crippen molar-refractivity contribution in [3.05, 3.63) is 22.4 Å². The van der Waals surface area contributed by atoms with E-state index < -0.39 is 6.09 Å². The van der Waals surface area contributed by atoms with Gasteiger partial charge in [-0.3, -0.25) is 0 Å². The van der Waals surface area contributed by atoms with E-state index in [-0.39, 0.29) is 21.6 Å². The van der Waals surface area contributed by atoms with E-state index in [9.17, 15) is 4.79 Å². The molecule has 0 aromatic carbocycles. The second kappa shape index (κ2) is 4.89. The average molecular weight is 263 g/mol. The summed E-state index contributed by atoms with van der Waals surface area (Å²) in [6.45, 7) is 5.54. The van der Waals surface area contributed by atoms with Gasteiger partial charge in [0.15, 0.2) is 0 Å². The second-order valence-corrected chi connectivity index (χ2v) is 4.99. The Hall–Kier alpha value is -1.00. The molecule has 4 nitrogen and oxygen atoms in total. The predicted molar refractivity (Wildman–Crippen MR) is 63.2 cm³/mol. The van der Waals surface area contributed by atoms with Gasteiger partial charge >= 0.3 is 6.09 Å². The zero-order chi connectivity index (χ0) is 12.3. The van der Waals surface area contributed by atoms with Crippen LogP contribution in [0.15, 0.2) is 12.1 Å². The molecule has 0 spiro atoms. The molecule has 88 valence electrons. The molecule has 1 aromatic heterocycles. The normalized spacial score (nSPS) is 11.1. The fourth-order valence-corrected chi connectivity index (χ4v) is 1.38. The lowest BCUT2D eigenvalue weighted by molar-refractivity contribution is 0.190. The standard InChI is InChI=1S/C10H12Cl2N2O2/c1-10(2,3)14-9(15)16-6-4-7(11)13-8(12)5-6/h4-5H,1-3H3,(H,14,15). The van der Waals surface area contributed by atoms with Crippen molar-refractivity contribution in [2.75, 3.05) is 0 Å². The summed E-state index contributed by atoms with van der Waals surface area (Å²) in [6.07, 6.45) is -0.564. The maximum atomic E-state index is 11.4. The van der Waals surface area contributed by atoms with Crippen molar-refractivity contribution in [2.45, 2.75) is 26.3 Å². The van der Waals surface area contributed by atoms with Gasteiger partial charge in [0.05, 0.1) is 0 Å². The van der Waals surface area contributed by atoms with Crippen LogP contribution in [0.3, 0.4) is 0 Å². The van der Waals surface area contributed by atoms with Crippen LogP contribution >= 0.6 is 23.2 Å². The zero-order valence-electron chi connectivity index (χ0n) is 9.17. The maximum Gasteiger partial charge on any atom is 0.413 e. The molecular formula is C10H12Cl2N2O2. The number of nitrogens with one attached hydrogen (secondary N) is 1. The van der Waals surface area contributed by atoms with Gasteiger partial charge in [0.1, 0.15) is 16.1 Å². The van der Waals surface area contributed by atoms with Crippen LogP contribution in [0.1, 0.15) is 20.8 Å². The van der Waals surface area contributed by atoms with Crippen molar-refractivity contribution in [3.63, 3.8) is 0 Å². The lowest BCUT2D eigenvalue weighted by Crippen LogP contribution is -2.42. The topological polar surface area (TPSA) is 51.2 Å². The van der Waals surface area contributed by atoms with Gasteiger partial charge in [-0.2, -0.15) is 0 Å². The highest BCUT2D eigenvalue weighted by molar-refractivity contribution is 6.32. The third-order valence-corrected chi connectivity index (χ3v) is 1.81. The van der Waals surface area contributed by atoms with Crippen molar-refractivity contribution in [1.29, 1.82) is 0 Å². The summed E-state index contributed by atoms with van der Waals surface area (Å²) >= 11 is 11.3. The zero-order valence-corrected chi connectivity index (χ0v) is 10.7. The van der Waals surface area contributed by atoms with Crippen LogP contribution in [0.5, 0.6) is 5.75 Å². The summed E-state index contributed by atoms with van der Waals surface area (Å²) in [5.41, 5.74) is -0.363. The molecule has 0 atom stereocenters. The first-order valence-electron chi connectivity index (χ1n) is 4.59. The van der Waals surface area contributed by atoms with Gasteiger partial charge in [-0.15, -0.1) is 0 Å². The van der Waals surface area contributed by atoms with Crippen molar-refractivity contribution >= 4 is 29.3 Å². The Bertz CT molecular complexity index is 382. The number of amides is 1. The lowest BCUT2D eigenvalue weighted by atomic mass is 10.1. The van der Waals surface area contributed by atoms with Gasteiger partial charge in [-0.25, -0.2) is 9.78 Å². The first-order valence-corrected chi connectivity index (χ1v) is 5.35. The summed E-state index contributed by atoms with van der Waals surface area (Å²) < 4.78 is 4.99. The van der Waals surface area contributed by atoms with Gasteiger partial charge in [0.2, 0.25) is 0 Å². The Kier molecular flexibility index (Phi) is 3.99. The van der Waals surface area contributed by atoms with Crippen LogP contribution in [0.4, 0.5) is 4.79 Å². The number of halogens is 2. The highest BCUT2D eigenvalue weighted by Crippen LogP contribution is 2.20. The van der Waals surface area contributed by atoms with Crippen molar-refractivity contribution in [1.82, 2.24) is 10.3 Å². The fraction of sp³-hybridized carbons (Fsp3) is 0.400. The van der Waals surface area contributed by atoms with E-state index >= 15 is 0 Å². The van der Waals surface area contributed by atoms with Crippen molar-refractivity contribution in [2.24, 2.45) is 0 Å². The van der Waals surface area contributed by atoms with E-state index in [0.29, 0.717) is 0 Å². The van der Waals surface area contributed by atoms with Crippen molar-refractivity contribution in [3.8, 4) is 5.75 Å². The van der Waals surface area contributed by atoms with Crippen LogP contribution < -0.4 is 10.1 Å². The van der Waals surface area contributed by atoms with E-state index in [2.05, 4.69) is 10.3 Å². The smallest absolute Gasteiger partial charge is 0.410 e. The highest BCUT2D eigenvalue weighted by Gasteiger charge is 2.15. The minimum atomic E-state index is -0.564. The molecule has 1 aromatic rings. The number of carbonyl (C=O) groups is 1. The Balaban J connectivity index is 2.70. The van der Waals surface area contributed by atoms with Crippen molar-refractivity contribution < 1.29 is 9.53 Å². The van der Waals surface area contributed by atoms with E-state index in [4.69, 9.17) is 27.9 Å². The number of rotatable bonds is 1. The molecule has 0 unspecified atom stereocenters. The maximum absolute atomic E-state index is 11.4. The van der Waals surface area contributed by atoms with E-state index in [1.165, 1.54) is 12.1 Å². The first-order chi connectivity index (χ1) is 7.26. The van der Waals surface area contributed by atoms with Gasteiger partial charge in [0.25, 0.3) is 0 Å². The molecule has 0 fully saturated rings. The van der Waals surface area contributed by atoms with Gasteiger partial charge in [-0.05, 0) is 20.8 Å². The third-order valence-electron chi connectivity index (χ3n) is 1.42. The molecule has 0 bridgehead atoms. The lowest BCUT2D eigenvalue weighted by Gasteiger charge is -2.19. The number of hydrogen-bond donors (Lipinski definition) is 1. The summed E-state index contributed by atoms with van der Waals surface area (Å²) in [7, 11) is 0. The molecule has 1 heterocycles. The average Bonchev–Trinajstić information content (AvgIpc) is 1.96. The molecule has 1 rings (SSSR count). The van der Waals surface area contributed by atoms with E-state index in [1.807, 2.05) is 20.8 Å². The van der Waals surface area contributed by atoms with Crippen LogP contribution in [0.2, 0.25) is 10.3 Å². The monoisotopic (exact) mass is 262 g/mol. The van der Waals surface area contributed by atoms with Gasteiger partial charge in [-0.1, -0.05) is 23.2 Å². The number of hydrogen-bond acceptors (Lipinski definition) is 3. The molecule has 0 saturated heterocycles. The third kappa shape index (κ3) is 4.68. The molecule has 0 aliphatic heterocycles.